The predicted octanol–water partition coefficient (Wildman–Crippen LogP) is 2.87. The summed E-state index contributed by atoms with van der Waals surface area (Å²) < 4.78 is 22.9. The van der Waals surface area contributed by atoms with Crippen LogP contribution in [0.1, 0.15) is 12.5 Å². The Morgan fingerprint density at radius 3 is 2.38 bits per heavy atom. The number of β-lactam (4-membered cyclic amide) rings is 1. The Morgan fingerprint density at radius 2 is 1.84 bits per heavy atom. The number of halogens is 2. The van der Waals surface area contributed by atoms with Gasteiger partial charge in [-0.25, -0.2) is 9.00 Å². The summed E-state index contributed by atoms with van der Waals surface area (Å²) in [5.41, 5.74) is 0.558. The van der Waals surface area contributed by atoms with Gasteiger partial charge in [-0.1, -0.05) is 18.2 Å². The van der Waals surface area contributed by atoms with E-state index in [1.165, 1.54) is 31.2 Å². The third-order valence-electron chi connectivity index (χ3n) is 5.27. The lowest BCUT2D eigenvalue weighted by Gasteiger charge is -2.48. The number of carbonyl (C=O) groups is 3. The number of nitro groups is 1. The maximum absolute atomic E-state index is 12.9. The number of nitrogens with zero attached hydrogens (tertiary/aromatic N) is 2. The molecule has 1 heterocycles. The number of amides is 2. The van der Waals surface area contributed by atoms with E-state index in [1.807, 2.05) is 0 Å². The number of carbonyl (C=O) groups excluding carboxylic acids is 3. The van der Waals surface area contributed by atoms with Gasteiger partial charge in [-0.3, -0.25) is 19.7 Å². The van der Waals surface area contributed by atoms with E-state index in [2.05, 4.69) is 11.9 Å². The Labute approximate surface area is 223 Å². The average Bonchev–Trinajstić information content (AvgIpc) is 2.85. The van der Waals surface area contributed by atoms with Gasteiger partial charge in [0.25, 0.3) is 11.6 Å². The van der Waals surface area contributed by atoms with Crippen molar-refractivity contribution < 1.29 is 33.0 Å². The van der Waals surface area contributed by atoms with Crippen LogP contribution in [0.25, 0.3) is 0 Å². The van der Waals surface area contributed by atoms with Crippen LogP contribution in [0.4, 0.5) is 5.69 Å². The first-order valence-corrected chi connectivity index (χ1v) is 13.0. The largest absolute Gasteiger partial charge is 0.484 e. The van der Waals surface area contributed by atoms with Gasteiger partial charge in [0.05, 0.1) is 4.92 Å². The molecule has 2 aromatic rings. The zero-order valence-electron chi connectivity index (χ0n) is 19.3. The molecule has 37 heavy (non-hydrogen) atoms. The molecule has 196 valence electrons. The molecule has 0 aromatic heterocycles. The second-order valence-electron chi connectivity index (χ2n) is 7.95. The first kappa shape index (κ1) is 28.1. The topological polar surface area (TPSA) is 145 Å². The van der Waals surface area contributed by atoms with Crippen molar-refractivity contribution in [3.63, 3.8) is 0 Å². The third-order valence-corrected chi connectivity index (χ3v) is 6.94. The molecule has 1 fully saturated rings. The molecule has 2 amide bonds. The molecule has 0 spiro atoms. The first-order chi connectivity index (χ1) is 17.5. The first-order valence-electron chi connectivity index (χ1n) is 10.6. The third kappa shape index (κ3) is 6.85. The maximum Gasteiger partial charge on any atom is 0.333 e. The van der Waals surface area contributed by atoms with Gasteiger partial charge in [0, 0.05) is 17.2 Å². The van der Waals surface area contributed by atoms with Crippen molar-refractivity contribution >= 4 is 55.8 Å². The van der Waals surface area contributed by atoms with E-state index >= 15 is 0 Å². The molecule has 0 aliphatic carbocycles. The maximum atomic E-state index is 12.9. The molecule has 1 aliphatic rings. The predicted molar refractivity (Wildman–Crippen MR) is 135 cm³/mol. The van der Waals surface area contributed by atoms with E-state index in [4.69, 9.17) is 31.8 Å². The van der Waals surface area contributed by atoms with Crippen molar-refractivity contribution in [1.82, 2.24) is 10.2 Å². The molecule has 14 heteroatoms. The fraction of sp³-hybridized carbons (Fsp3) is 0.261. The summed E-state index contributed by atoms with van der Waals surface area (Å²) in [5.74, 6) is -1.88. The van der Waals surface area contributed by atoms with Gasteiger partial charge in [-0.05, 0) is 65.1 Å². The molecule has 0 bridgehead atoms. The van der Waals surface area contributed by atoms with E-state index in [1.54, 1.807) is 24.3 Å². The van der Waals surface area contributed by atoms with Gasteiger partial charge in [-0.2, -0.15) is 0 Å². The fourth-order valence-electron chi connectivity index (χ4n) is 3.48. The molecule has 1 aliphatic heterocycles. The Morgan fingerprint density at radius 1 is 1.22 bits per heavy atom. The van der Waals surface area contributed by atoms with Crippen LogP contribution in [0.5, 0.6) is 5.75 Å². The van der Waals surface area contributed by atoms with Crippen molar-refractivity contribution in [1.29, 1.82) is 0 Å². The van der Waals surface area contributed by atoms with Crippen LogP contribution in [0.15, 0.2) is 60.7 Å². The zero-order valence-corrected chi connectivity index (χ0v) is 21.6. The van der Waals surface area contributed by atoms with Crippen molar-refractivity contribution in [2.24, 2.45) is 0 Å². The lowest BCUT2D eigenvalue weighted by Crippen LogP contribution is -2.75. The molecular weight excluding hydrogens is 549 g/mol. The van der Waals surface area contributed by atoms with Crippen molar-refractivity contribution in [3.05, 3.63) is 81.4 Å². The average molecular weight is 570 g/mol. The number of hydrogen-bond acceptors (Lipinski definition) is 8. The van der Waals surface area contributed by atoms with Crippen LogP contribution in [0.2, 0.25) is 5.02 Å². The summed E-state index contributed by atoms with van der Waals surface area (Å²) >= 11 is 5.80. The summed E-state index contributed by atoms with van der Waals surface area (Å²) in [7, 11) is 3.65. The molecule has 4 unspecified atom stereocenters. The van der Waals surface area contributed by atoms with Crippen molar-refractivity contribution in [2.75, 3.05) is 6.61 Å². The number of nitrogens with one attached hydrogen (secondary N) is 1. The minimum absolute atomic E-state index is 0.125. The minimum atomic E-state index is -2.17. The van der Waals surface area contributed by atoms with E-state index < -0.39 is 56.8 Å². The number of hydrogen-bond donors (Lipinski definition) is 1. The molecular formula is C23H21Cl2N3O8S. The number of rotatable bonds is 11. The molecule has 11 nitrogen and oxygen atoms in total. The van der Waals surface area contributed by atoms with Crippen LogP contribution in [0, 0.1) is 10.1 Å². The Kier molecular flexibility index (Phi) is 9.24. The van der Waals surface area contributed by atoms with Crippen LogP contribution in [-0.2, 0) is 35.7 Å². The second-order valence-corrected chi connectivity index (χ2v) is 10.3. The number of benzene rings is 2. The smallest absolute Gasteiger partial charge is 0.333 e. The molecule has 1 saturated heterocycles. The van der Waals surface area contributed by atoms with E-state index in [-0.39, 0.29) is 17.9 Å². The fourth-order valence-corrected chi connectivity index (χ4v) is 4.98. The van der Waals surface area contributed by atoms with Crippen LogP contribution in [0.3, 0.4) is 0 Å². The summed E-state index contributed by atoms with van der Waals surface area (Å²) in [5, 5.41) is 12.5. The van der Waals surface area contributed by atoms with Gasteiger partial charge in [0.1, 0.15) is 28.4 Å². The summed E-state index contributed by atoms with van der Waals surface area (Å²) in [6, 6.07) is 9.05. The number of esters is 1. The minimum Gasteiger partial charge on any atom is -0.484 e. The standard InChI is InChI=1S/C23H21Cl2N3O8S/c1-13(2)20(23(31)36-11-14-3-7-16(8-4-14)28(32)33)27-21(30)19(22(27)37(25)34)26-18(29)12-35-17-9-5-15(24)6-10-17/h3-10,19-20,22H,1,11-12H2,2H3,(H,26,29). The summed E-state index contributed by atoms with van der Waals surface area (Å²) in [6.45, 7) is 4.52. The van der Waals surface area contributed by atoms with Gasteiger partial charge < -0.3 is 19.7 Å². The molecule has 2 aromatic carbocycles. The SMILES string of the molecule is C=C(C)C(C(=O)OCc1ccc([N+](=O)[O-])cc1)N1C(=O)C(NC(=O)COc2ccc(Cl)cc2)C1S(=O)Cl. The highest BCUT2D eigenvalue weighted by Gasteiger charge is 2.56. The summed E-state index contributed by atoms with van der Waals surface area (Å²) in [4.78, 5) is 49.3. The van der Waals surface area contributed by atoms with Crippen molar-refractivity contribution in [2.45, 2.75) is 31.0 Å². The number of ether oxygens (including phenoxy) is 2. The van der Waals surface area contributed by atoms with Gasteiger partial charge >= 0.3 is 5.97 Å². The lowest BCUT2D eigenvalue weighted by atomic mass is 9.99. The van der Waals surface area contributed by atoms with Crippen LogP contribution < -0.4 is 10.1 Å². The zero-order chi connectivity index (χ0) is 27.3. The van der Waals surface area contributed by atoms with Crippen molar-refractivity contribution in [3.8, 4) is 5.75 Å². The van der Waals surface area contributed by atoms with Gasteiger partial charge in [0.15, 0.2) is 18.0 Å². The molecule has 3 rings (SSSR count). The van der Waals surface area contributed by atoms with E-state index in [0.29, 0.717) is 16.3 Å². The van der Waals surface area contributed by atoms with E-state index in [9.17, 15) is 28.7 Å². The number of nitro benzene ring substituents is 1. The van der Waals surface area contributed by atoms with Crippen LogP contribution >= 0.6 is 22.3 Å². The highest BCUT2D eigenvalue weighted by atomic mass is 35.7. The monoisotopic (exact) mass is 569 g/mol. The Balaban J connectivity index is 1.64. The Hall–Kier alpha value is -3.48. The molecule has 0 radical (unpaired) electrons. The highest BCUT2D eigenvalue weighted by molar-refractivity contribution is 8.08. The van der Waals surface area contributed by atoms with Gasteiger partial charge in [-0.15, -0.1) is 0 Å². The van der Waals surface area contributed by atoms with Gasteiger partial charge in [0.2, 0.25) is 5.91 Å². The van der Waals surface area contributed by atoms with E-state index in [0.717, 1.165) is 4.90 Å². The molecule has 4 atom stereocenters. The highest BCUT2D eigenvalue weighted by Crippen LogP contribution is 2.31. The van der Waals surface area contributed by atoms with Crippen LogP contribution in [-0.4, -0.2) is 55.9 Å². The number of likely N-dealkylation sites (tertiary alicyclic amines) is 1. The quantitative estimate of drug-likeness (QED) is 0.108. The molecule has 1 N–H and O–H groups in total. The molecule has 0 saturated carbocycles. The lowest BCUT2D eigenvalue weighted by molar-refractivity contribution is -0.384. The summed E-state index contributed by atoms with van der Waals surface area (Å²) in [6.07, 6.45) is 0. The second kappa shape index (κ2) is 12.2. The normalized spacial score (nSPS) is 18.2. The Bertz CT molecular complexity index is 1240. The number of non-ortho nitro benzene ring substituents is 1.